The number of fused-ring (bicyclic) bond motifs is 1. The smallest absolute Gasteiger partial charge is 0.263 e. The molecule has 40 heavy (non-hydrogen) atoms. The van der Waals surface area contributed by atoms with Crippen molar-refractivity contribution >= 4 is 33.9 Å². The van der Waals surface area contributed by atoms with Gasteiger partial charge in [-0.25, -0.2) is 4.98 Å². The number of nitrogens with one attached hydrogen (secondary N) is 3. The summed E-state index contributed by atoms with van der Waals surface area (Å²) >= 11 is 1.30. The molecular formula is C31H31N5O3S. The van der Waals surface area contributed by atoms with E-state index < -0.39 is 0 Å². The Morgan fingerprint density at radius 2 is 1.80 bits per heavy atom. The molecule has 1 atom stereocenters. The number of amides is 2. The van der Waals surface area contributed by atoms with Crippen LogP contribution in [0, 0.1) is 0 Å². The molecular weight excluding hydrogens is 522 g/mol. The van der Waals surface area contributed by atoms with Crippen LogP contribution in [0.2, 0.25) is 0 Å². The van der Waals surface area contributed by atoms with E-state index in [2.05, 4.69) is 55.9 Å². The molecule has 0 spiro atoms. The number of carbonyl (C=O) groups is 2. The zero-order valence-electron chi connectivity index (χ0n) is 22.2. The maximum atomic E-state index is 12.9. The Kier molecular flexibility index (Phi) is 8.95. The number of imidazole rings is 1. The highest BCUT2D eigenvalue weighted by Gasteiger charge is 2.20. The lowest BCUT2D eigenvalue weighted by molar-refractivity contribution is 0.0935. The Labute approximate surface area is 236 Å². The van der Waals surface area contributed by atoms with E-state index in [-0.39, 0.29) is 17.9 Å². The lowest BCUT2D eigenvalue weighted by atomic mass is 10.1. The molecule has 0 aliphatic rings. The quantitative estimate of drug-likeness (QED) is 0.167. The molecule has 0 radical (unpaired) electrons. The van der Waals surface area contributed by atoms with E-state index in [4.69, 9.17) is 4.74 Å². The van der Waals surface area contributed by atoms with Gasteiger partial charge < -0.3 is 20.4 Å². The van der Waals surface area contributed by atoms with Gasteiger partial charge in [0.1, 0.15) is 10.7 Å². The van der Waals surface area contributed by atoms with Crippen molar-refractivity contribution in [2.75, 3.05) is 13.7 Å². The van der Waals surface area contributed by atoms with E-state index in [0.717, 1.165) is 35.0 Å². The molecule has 8 nitrogen and oxygen atoms in total. The number of ether oxygens (including phenoxy) is 1. The Balaban J connectivity index is 1.23. The first-order valence-corrected chi connectivity index (χ1v) is 14.1. The van der Waals surface area contributed by atoms with Crippen LogP contribution in [0.15, 0.2) is 84.6 Å². The molecule has 2 heterocycles. The summed E-state index contributed by atoms with van der Waals surface area (Å²) in [6.45, 7) is 0.908. The average molecular weight is 554 g/mol. The van der Waals surface area contributed by atoms with Gasteiger partial charge in [-0.15, -0.1) is 11.3 Å². The van der Waals surface area contributed by atoms with E-state index in [1.165, 1.54) is 16.7 Å². The SMILES string of the molecule is COCc1ccccc1C(=O)NCCCC[C@H](NC(=O)c1cncs1)c1ncc(-c2ccc3ccccc3c2)[nH]1. The third kappa shape index (κ3) is 6.62. The van der Waals surface area contributed by atoms with Crippen LogP contribution in [0.1, 0.15) is 56.7 Å². The number of benzene rings is 3. The number of carbonyl (C=O) groups excluding carboxylic acids is 2. The van der Waals surface area contributed by atoms with Gasteiger partial charge in [0.05, 0.1) is 36.2 Å². The van der Waals surface area contributed by atoms with Gasteiger partial charge in [-0.05, 0) is 47.7 Å². The summed E-state index contributed by atoms with van der Waals surface area (Å²) in [5, 5.41) is 8.44. The van der Waals surface area contributed by atoms with Crippen LogP contribution in [0.3, 0.4) is 0 Å². The summed E-state index contributed by atoms with van der Waals surface area (Å²) in [4.78, 5) is 38.2. The second-order valence-corrected chi connectivity index (χ2v) is 10.4. The van der Waals surface area contributed by atoms with Gasteiger partial charge in [0.2, 0.25) is 0 Å². The highest BCUT2D eigenvalue weighted by Crippen LogP contribution is 2.26. The maximum Gasteiger partial charge on any atom is 0.263 e. The lowest BCUT2D eigenvalue weighted by Crippen LogP contribution is -2.29. The van der Waals surface area contributed by atoms with Crippen molar-refractivity contribution in [1.82, 2.24) is 25.6 Å². The molecule has 204 valence electrons. The number of aromatic nitrogens is 3. The molecule has 0 unspecified atom stereocenters. The second kappa shape index (κ2) is 13.1. The molecule has 2 amide bonds. The minimum atomic E-state index is -0.318. The van der Waals surface area contributed by atoms with E-state index in [9.17, 15) is 9.59 Å². The standard InChI is InChI=1S/C31H31N5O3S/c1-39-19-24-10-4-5-11-25(24)30(37)33-15-7-6-12-26(36-31(38)28-18-32-20-40-28)29-34-17-27(35-29)23-14-13-21-8-2-3-9-22(21)16-23/h2-5,8-11,13-14,16-18,20,26H,6-7,12,15,19H2,1H3,(H,33,37)(H,34,35)(H,36,38)/t26-/m0/s1. The molecule has 0 aliphatic heterocycles. The topological polar surface area (TPSA) is 109 Å². The molecule has 3 N–H and O–H groups in total. The monoisotopic (exact) mass is 553 g/mol. The van der Waals surface area contributed by atoms with Crippen LogP contribution in [-0.4, -0.2) is 40.4 Å². The van der Waals surface area contributed by atoms with Crippen LogP contribution in [-0.2, 0) is 11.3 Å². The van der Waals surface area contributed by atoms with Crippen molar-refractivity contribution in [2.45, 2.75) is 31.9 Å². The summed E-state index contributed by atoms with van der Waals surface area (Å²) in [6.07, 6.45) is 5.56. The normalized spacial score (nSPS) is 11.8. The fourth-order valence-corrected chi connectivity index (χ4v) is 5.17. The Bertz CT molecular complexity index is 1580. The van der Waals surface area contributed by atoms with Gasteiger partial charge in [0.25, 0.3) is 11.8 Å². The molecule has 3 aromatic carbocycles. The predicted molar refractivity (Wildman–Crippen MR) is 157 cm³/mol. The molecule has 0 bridgehead atoms. The number of H-pyrrole nitrogens is 1. The third-order valence-electron chi connectivity index (χ3n) is 6.71. The Hall–Kier alpha value is -4.34. The highest BCUT2D eigenvalue weighted by molar-refractivity contribution is 7.11. The molecule has 0 saturated carbocycles. The van der Waals surface area contributed by atoms with Gasteiger partial charge in [-0.3, -0.25) is 14.6 Å². The lowest BCUT2D eigenvalue weighted by Gasteiger charge is -2.16. The summed E-state index contributed by atoms with van der Waals surface area (Å²) < 4.78 is 5.21. The van der Waals surface area contributed by atoms with Gasteiger partial charge in [0, 0.05) is 24.8 Å². The Morgan fingerprint density at radius 1 is 0.975 bits per heavy atom. The zero-order valence-corrected chi connectivity index (χ0v) is 23.0. The second-order valence-electron chi connectivity index (χ2n) is 9.48. The largest absolute Gasteiger partial charge is 0.380 e. The van der Waals surface area contributed by atoms with Gasteiger partial charge >= 0.3 is 0 Å². The maximum absolute atomic E-state index is 12.9. The first kappa shape index (κ1) is 27.2. The average Bonchev–Trinajstić information content (AvgIpc) is 3.70. The van der Waals surface area contributed by atoms with Crippen LogP contribution in [0.25, 0.3) is 22.0 Å². The van der Waals surface area contributed by atoms with Crippen LogP contribution in [0.4, 0.5) is 0 Å². The molecule has 5 rings (SSSR count). The first-order valence-electron chi connectivity index (χ1n) is 13.2. The van der Waals surface area contributed by atoms with Crippen molar-refractivity contribution in [3.63, 3.8) is 0 Å². The van der Waals surface area contributed by atoms with Gasteiger partial charge in [0.15, 0.2) is 0 Å². The number of hydrogen-bond donors (Lipinski definition) is 3. The van der Waals surface area contributed by atoms with E-state index in [1.54, 1.807) is 24.9 Å². The number of unbranched alkanes of at least 4 members (excludes halogenated alkanes) is 1. The van der Waals surface area contributed by atoms with E-state index >= 15 is 0 Å². The molecule has 9 heteroatoms. The minimum absolute atomic E-state index is 0.117. The van der Waals surface area contributed by atoms with Crippen LogP contribution in [0.5, 0.6) is 0 Å². The highest BCUT2D eigenvalue weighted by atomic mass is 32.1. The third-order valence-corrected chi connectivity index (χ3v) is 7.49. The molecule has 0 saturated heterocycles. The number of aromatic amines is 1. The first-order chi connectivity index (χ1) is 19.6. The van der Waals surface area contributed by atoms with Crippen molar-refractivity contribution in [3.05, 3.63) is 106 Å². The number of thiazole rings is 1. The summed E-state index contributed by atoms with van der Waals surface area (Å²) in [7, 11) is 1.61. The number of methoxy groups -OCH3 is 1. The zero-order chi connectivity index (χ0) is 27.7. The van der Waals surface area contributed by atoms with Crippen molar-refractivity contribution < 1.29 is 14.3 Å². The van der Waals surface area contributed by atoms with Gasteiger partial charge in [-0.1, -0.05) is 54.6 Å². The van der Waals surface area contributed by atoms with E-state index in [1.807, 2.05) is 36.5 Å². The van der Waals surface area contributed by atoms with Crippen molar-refractivity contribution in [3.8, 4) is 11.3 Å². The van der Waals surface area contributed by atoms with Crippen LogP contribution < -0.4 is 10.6 Å². The summed E-state index contributed by atoms with van der Waals surface area (Å²) in [5.41, 5.74) is 5.03. The molecule has 0 aliphatic carbocycles. The number of hydrogen-bond acceptors (Lipinski definition) is 6. The number of rotatable bonds is 12. The molecule has 2 aromatic heterocycles. The molecule has 0 fully saturated rings. The summed E-state index contributed by atoms with van der Waals surface area (Å²) in [6, 6.07) is 21.6. The Morgan fingerprint density at radius 3 is 2.62 bits per heavy atom. The predicted octanol–water partition coefficient (Wildman–Crippen LogP) is 5.90. The van der Waals surface area contributed by atoms with Crippen molar-refractivity contribution in [1.29, 1.82) is 0 Å². The fourth-order valence-electron chi connectivity index (χ4n) is 4.65. The van der Waals surface area contributed by atoms with E-state index in [0.29, 0.717) is 35.8 Å². The minimum Gasteiger partial charge on any atom is -0.380 e. The van der Waals surface area contributed by atoms with Crippen molar-refractivity contribution in [2.24, 2.45) is 0 Å². The van der Waals surface area contributed by atoms with Gasteiger partial charge in [-0.2, -0.15) is 0 Å². The molecule has 5 aromatic rings. The van der Waals surface area contributed by atoms with Crippen LogP contribution >= 0.6 is 11.3 Å². The fraction of sp³-hybridized carbons (Fsp3) is 0.226. The number of nitrogens with zero attached hydrogens (tertiary/aromatic N) is 2. The summed E-state index contributed by atoms with van der Waals surface area (Å²) in [5.74, 6) is 0.395.